The van der Waals surface area contributed by atoms with Crippen LogP contribution in [0.2, 0.25) is 5.02 Å². The quantitative estimate of drug-likeness (QED) is 0.688. The fraction of sp³-hybridized carbons (Fsp3) is 0.133. The predicted octanol–water partition coefficient (Wildman–Crippen LogP) is 3.46. The van der Waals surface area contributed by atoms with Crippen LogP contribution in [-0.4, -0.2) is 20.2 Å². The van der Waals surface area contributed by atoms with E-state index in [1.54, 1.807) is 6.20 Å². The van der Waals surface area contributed by atoms with Crippen LogP contribution in [0.15, 0.2) is 30.5 Å². The van der Waals surface area contributed by atoms with E-state index < -0.39 is 0 Å². The van der Waals surface area contributed by atoms with Gasteiger partial charge in [0.15, 0.2) is 17.5 Å². The second kappa shape index (κ2) is 5.65. The van der Waals surface area contributed by atoms with Gasteiger partial charge in [-0.05, 0) is 31.5 Å². The van der Waals surface area contributed by atoms with Crippen molar-refractivity contribution in [3.63, 3.8) is 0 Å². The number of rotatable bonds is 3. The lowest BCUT2D eigenvalue weighted by atomic mass is 10.1. The number of nitrogens with one attached hydrogen (secondary N) is 2. The van der Waals surface area contributed by atoms with Crippen LogP contribution in [0.5, 0.6) is 0 Å². The van der Waals surface area contributed by atoms with E-state index in [-0.39, 0.29) is 0 Å². The van der Waals surface area contributed by atoms with Crippen molar-refractivity contribution in [2.24, 2.45) is 0 Å². The number of benzene rings is 1. The van der Waals surface area contributed by atoms with E-state index in [0.29, 0.717) is 28.2 Å². The summed E-state index contributed by atoms with van der Waals surface area (Å²) in [4.78, 5) is 8.75. The van der Waals surface area contributed by atoms with Crippen LogP contribution < -0.4 is 11.1 Å². The Morgan fingerprint density at radius 2 is 2.00 bits per heavy atom. The molecule has 0 spiro atoms. The van der Waals surface area contributed by atoms with E-state index in [2.05, 4.69) is 25.5 Å². The molecule has 6 nitrogen and oxygen atoms in total. The summed E-state index contributed by atoms with van der Waals surface area (Å²) in [5, 5.41) is 10.7. The second-order valence-corrected chi connectivity index (χ2v) is 5.45. The van der Waals surface area contributed by atoms with E-state index in [1.165, 1.54) is 0 Å². The van der Waals surface area contributed by atoms with Crippen molar-refractivity contribution < 1.29 is 0 Å². The highest BCUT2D eigenvalue weighted by Crippen LogP contribution is 2.28. The molecule has 0 saturated carbocycles. The van der Waals surface area contributed by atoms with Crippen molar-refractivity contribution in [3.05, 3.63) is 46.7 Å². The second-order valence-electron chi connectivity index (χ2n) is 5.01. The minimum absolute atomic E-state index is 0.350. The lowest BCUT2D eigenvalue weighted by Crippen LogP contribution is -2.02. The Bertz CT molecular complexity index is 827. The van der Waals surface area contributed by atoms with E-state index in [9.17, 15) is 0 Å². The molecule has 1 aromatic carbocycles. The first kappa shape index (κ1) is 14.3. The SMILES string of the molecule is Cc1cc(Nc2cnc(-c3ccc(Cl)cc3C)c(N)n2)n[nH]1. The van der Waals surface area contributed by atoms with Gasteiger partial charge in [0.25, 0.3) is 0 Å². The van der Waals surface area contributed by atoms with Gasteiger partial charge in [0.05, 0.1) is 6.20 Å². The molecule has 2 heterocycles. The molecule has 112 valence electrons. The molecular weight excluding hydrogens is 300 g/mol. The molecular formula is C15H15ClN6. The topological polar surface area (TPSA) is 92.5 Å². The lowest BCUT2D eigenvalue weighted by molar-refractivity contribution is 1.05. The number of hydrogen-bond acceptors (Lipinski definition) is 5. The molecule has 0 aliphatic carbocycles. The predicted molar refractivity (Wildman–Crippen MR) is 88.2 cm³/mol. The average Bonchev–Trinajstić information content (AvgIpc) is 2.85. The van der Waals surface area contributed by atoms with Crippen molar-refractivity contribution in [2.75, 3.05) is 11.1 Å². The third-order valence-electron chi connectivity index (χ3n) is 3.21. The number of nitrogen functional groups attached to an aromatic ring is 1. The zero-order valence-electron chi connectivity index (χ0n) is 12.2. The number of halogens is 1. The first-order chi connectivity index (χ1) is 10.5. The Labute approximate surface area is 132 Å². The van der Waals surface area contributed by atoms with Crippen molar-refractivity contribution in [1.82, 2.24) is 20.2 Å². The lowest BCUT2D eigenvalue weighted by Gasteiger charge is -2.09. The van der Waals surface area contributed by atoms with Crippen LogP contribution in [-0.2, 0) is 0 Å². The Balaban J connectivity index is 1.92. The summed E-state index contributed by atoms with van der Waals surface area (Å²) in [5.74, 6) is 1.56. The zero-order valence-corrected chi connectivity index (χ0v) is 12.9. The zero-order chi connectivity index (χ0) is 15.7. The van der Waals surface area contributed by atoms with Crippen LogP contribution in [0.3, 0.4) is 0 Å². The molecule has 7 heteroatoms. The van der Waals surface area contributed by atoms with E-state index in [4.69, 9.17) is 17.3 Å². The monoisotopic (exact) mass is 314 g/mol. The molecule has 0 radical (unpaired) electrons. The summed E-state index contributed by atoms with van der Waals surface area (Å²) in [6.45, 7) is 3.88. The number of hydrogen-bond donors (Lipinski definition) is 3. The van der Waals surface area contributed by atoms with Gasteiger partial charge in [-0.3, -0.25) is 5.10 Å². The summed E-state index contributed by atoms with van der Waals surface area (Å²) in [6.07, 6.45) is 1.63. The average molecular weight is 315 g/mol. The molecule has 3 aromatic rings. The summed E-state index contributed by atoms with van der Waals surface area (Å²) in [6, 6.07) is 7.44. The summed E-state index contributed by atoms with van der Waals surface area (Å²) < 4.78 is 0. The number of anilines is 3. The first-order valence-corrected chi connectivity index (χ1v) is 7.09. The molecule has 22 heavy (non-hydrogen) atoms. The van der Waals surface area contributed by atoms with E-state index in [1.807, 2.05) is 38.1 Å². The van der Waals surface area contributed by atoms with Crippen molar-refractivity contribution >= 4 is 29.1 Å². The van der Waals surface area contributed by atoms with Crippen LogP contribution in [0, 0.1) is 13.8 Å². The highest BCUT2D eigenvalue weighted by Gasteiger charge is 2.10. The third kappa shape index (κ3) is 2.87. The van der Waals surface area contributed by atoms with Gasteiger partial charge in [0, 0.05) is 22.3 Å². The van der Waals surface area contributed by atoms with Gasteiger partial charge in [0.2, 0.25) is 0 Å². The maximum atomic E-state index is 6.04. The van der Waals surface area contributed by atoms with Gasteiger partial charge in [-0.1, -0.05) is 17.7 Å². The van der Waals surface area contributed by atoms with Crippen LogP contribution in [0.1, 0.15) is 11.3 Å². The van der Waals surface area contributed by atoms with Gasteiger partial charge in [-0.15, -0.1) is 0 Å². The molecule has 4 N–H and O–H groups in total. The number of H-pyrrole nitrogens is 1. The van der Waals surface area contributed by atoms with Gasteiger partial charge in [0.1, 0.15) is 5.69 Å². The van der Waals surface area contributed by atoms with Crippen LogP contribution in [0.4, 0.5) is 17.5 Å². The highest BCUT2D eigenvalue weighted by molar-refractivity contribution is 6.30. The van der Waals surface area contributed by atoms with Gasteiger partial charge in [-0.25, -0.2) is 9.97 Å². The number of nitrogens with zero attached hydrogens (tertiary/aromatic N) is 3. The minimum Gasteiger partial charge on any atom is -0.382 e. The molecule has 0 aliphatic rings. The Morgan fingerprint density at radius 3 is 2.64 bits per heavy atom. The van der Waals surface area contributed by atoms with Crippen molar-refractivity contribution in [2.45, 2.75) is 13.8 Å². The number of aromatic amines is 1. The van der Waals surface area contributed by atoms with E-state index in [0.717, 1.165) is 16.8 Å². The van der Waals surface area contributed by atoms with Crippen molar-refractivity contribution in [3.8, 4) is 11.3 Å². The standard InChI is InChI=1S/C15H15ClN6/c1-8-5-10(16)3-4-11(8)14-15(17)20-13(7-18-14)19-12-6-9(2)21-22-12/h3-7H,1-2H3,(H4,17,19,20,21,22). The molecule has 0 aliphatic heterocycles. The summed E-state index contributed by atoms with van der Waals surface area (Å²) >= 11 is 5.97. The smallest absolute Gasteiger partial charge is 0.153 e. The summed E-state index contributed by atoms with van der Waals surface area (Å²) in [7, 11) is 0. The van der Waals surface area contributed by atoms with Gasteiger partial charge < -0.3 is 11.1 Å². The molecule has 0 saturated heterocycles. The molecule has 2 aromatic heterocycles. The van der Waals surface area contributed by atoms with Gasteiger partial charge in [-0.2, -0.15) is 5.10 Å². The van der Waals surface area contributed by atoms with Crippen molar-refractivity contribution in [1.29, 1.82) is 0 Å². The number of aromatic nitrogens is 4. The fourth-order valence-electron chi connectivity index (χ4n) is 2.18. The minimum atomic E-state index is 0.350. The highest BCUT2D eigenvalue weighted by atomic mass is 35.5. The maximum absolute atomic E-state index is 6.04. The molecule has 0 fully saturated rings. The molecule has 0 atom stereocenters. The Hall–Kier alpha value is -2.60. The first-order valence-electron chi connectivity index (χ1n) is 6.71. The Kier molecular flexibility index (Phi) is 3.68. The summed E-state index contributed by atoms with van der Waals surface area (Å²) in [5.41, 5.74) is 9.55. The van der Waals surface area contributed by atoms with Crippen LogP contribution in [0.25, 0.3) is 11.3 Å². The fourth-order valence-corrected chi connectivity index (χ4v) is 2.40. The Morgan fingerprint density at radius 1 is 1.18 bits per heavy atom. The largest absolute Gasteiger partial charge is 0.382 e. The molecule has 0 unspecified atom stereocenters. The normalized spacial score (nSPS) is 10.7. The van der Waals surface area contributed by atoms with E-state index >= 15 is 0 Å². The number of aryl methyl sites for hydroxylation is 2. The number of nitrogens with two attached hydrogens (primary N) is 1. The third-order valence-corrected chi connectivity index (χ3v) is 3.44. The van der Waals surface area contributed by atoms with Crippen LogP contribution >= 0.6 is 11.6 Å². The molecule has 0 amide bonds. The maximum Gasteiger partial charge on any atom is 0.153 e. The molecule has 0 bridgehead atoms. The van der Waals surface area contributed by atoms with Gasteiger partial charge >= 0.3 is 0 Å². The molecule has 3 rings (SSSR count).